The van der Waals surface area contributed by atoms with E-state index in [-0.39, 0.29) is 5.02 Å². The molecule has 0 saturated heterocycles. The molecule has 2 N–H and O–H groups in total. The normalized spacial score (nSPS) is 14.6. The van der Waals surface area contributed by atoms with E-state index in [4.69, 9.17) is 28.9 Å². The first-order chi connectivity index (χ1) is 8.34. The van der Waals surface area contributed by atoms with Crippen LogP contribution in [0.1, 0.15) is 22.9 Å². The topological polar surface area (TPSA) is 26.0 Å². The maximum absolute atomic E-state index is 13.6. The van der Waals surface area contributed by atoms with Crippen LogP contribution in [-0.2, 0) is 5.54 Å². The van der Waals surface area contributed by atoms with Crippen molar-refractivity contribution in [1.29, 1.82) is 0 Å². The first-order valence-electron chi connectivity index (χ1n) is 5.32. The van der Waals surface area contributed by atoms with Crippen LogP contribution >= 0.6 is 34.5 Å². The summed E-state index contributed by atoms with van der Waals surface area (Å²) in [7, 11) is 0. The maximum Gasteiger partial charge on any atom is 0.142 e. The Morgan fingerprint density at radius 1 is 1.28 bits per heavy atom. The monoisotopic (exact) mass is 303 g/mol. The molecule has 2 rings (SSSR count). The van der Waals surface area contributed by atoms with Gasteiger partial charge in [0, 0.05) is 9.90 Å². The van der Waals surface area contributed by atoms with Crippen molar-refractivity contribution in [1.82, 2.24) is 0 Å². The van der Waals surface area contributed by atoms with Gasteiger partial charge in [-0.25, -0.2) is 4.39 Å². The molecule has 1 aromatic carbocycles. The summed E-state index contributed by atoms with van der Waals surface area (Å²) < 4.78 is 13.6. The molecule has 0 radical (unpaired) electrons. The number of hydrogen-bond donors (Lipinski definition) is 1. The number of aryl methyl sites for hydroxylation is 1. The van der Waals surface area contributed by atoms with Crippen molar-refractivity contribution in [3.63, 3.8) is 0 Å². The van der Waals surface area contributed by atoms with Crippen LogP contribution in [0.2, 0.25) is 10.0 Å². The number of hydrogen-bond acceptors (Lipinski definition) is 2. The Morgan fingerprint density at radius 2 is 1.94 bits per heavy atom. The van der Waals surface area contributed by atoms with Crippen LogP contribution in [0.3, 0.4) is 0 Å². The molecular formula is C13H12Cl2FNS. The molecule has 1 aromatic heterocycles. The third-order valence-corrected chi connectivity index (χ3v) is 4.76. The third kappa shape index (κ3) is 2.28. The second-order valence-corrected chi connectivity index (χ2v) is 6.11. The molecule has 5 heteroatoms. The highest BCUT2D eigenvalue weighted by atomic mass is 35.5. The molecule has 0 spiro atoms. The number of rotatable bonds is 2. The SMILES string of the molecule is Cc1ccsc1C(C)(N)c1cc(F)c(Cl)cc1Cl. The van der Waals surface area contributed by atoms with Crippen LogP contribution in [0.5, 0.6) is 0 Å². The van der Waals surface area contributed by atoms with Gasteiger partial charge in [0.1, 0.15) is 5.82 Å². The Hall–Kier alpha value is -0.610. The zero-order valence-electron chi connectivity index (χ0n) is 9.93. The molecule has 0 bridgehead atoms. The molecule has 2 aromatic rings. The first kappa shape index (κ1) is 13.8. The van der Waals surface area contributed by atoms with Gasteiger partial charge in [-0.2, -0.15) is 0 Å². The van der Waals surface area contributed by atoms with Crippen molar-refractivity contribution < 1.29 is 4.39 Å². The molecule has 1 heterocycles. The maximum atomic E-state index is 13.6. The van der Waals surface area contributed by atoms with Gasteiger partial charge in [0.25, 0.3) is 0 Å². The lowest BCUT2D eigenvalue weighted by Crippen LogP contribution is -2.34. The molecule has 1 nitrogen and oxygen atoms in total. The van der Waals surface area contributed by atoms with E-state index in [1.165, 1.54) is 23.5 Å². The van der Waals surface area contributed by atoms with Gasteiger partial charge in [0.2, 0.25) is 0 Å². The number of thiophene rings is 1. The van der Waals surface area contributed by atoms with E-state index in [2.05, 4.69) is 0 Å². The summed E-state index contributed by atoms with van der Waals surface area (Å²) in [6.07, 6.45) is 0. The zero-order valence-corrected chi connectivity index (χ0v) is 12.3. The lowest BCUT2D eigenvalue weighted by molar-refractivity contribution is 0.588. The van der Waals surface area contributed by atoms with Gasteiger partial charge in [-0.1, -0.05) is 23.2 Å². The summed E-state index contributed by atoms with van der Waals surface area (Å²) in [5.41, 5.74) is 7.11. The van der Waals surface area contributed by atoms with Crippen LogP contribution in [0, 0.1) is 12.7 Å². The zero-order chi connectivity index (χ0) is 13.5. The Bertz CT molecular complexity index is 593. The minimum Gasteiger partial charge on any atom is -0.317 e. The smallest absolute Gasteiger partial charge is 0.142 e. The lowest BCUT2D eigenvalue weighted by atomic mass is 9.89. The second kappa shape index (κ2) is 4.82. The predicted molar refractivity (Wildman–Crippen MR) is 76.1 cm³/mol. The van der Waals surface area contributed by atoms with Crippen molar-refractivity contribution in [3.05, 3.63) is 55.4 Å². The minimum atomic E-state index is -0.833. The average Bonchev–Trinajstić information content (AvgIpc) is 2.70. The van der Waals surface area contributed by atoms with Gasteiger partial charge in [-0.05, 0) is 48.6 Å². The Labute approximate surface area is 119 Å². The summed E-state index contributed by atoms with van der Waals surface area (Å²) in [6.45, 7) is 3.79. The average molecular weight is 304 g/mol. The van der Waals surface area contributed by atoms with Crippen LogP contribution in [0.15, 0.2) is 23.6 Å². The molecule has 18 heavy (non-hydrogen) atoms. The summed E-state index contributed by atoms with van der Waals surface area (Å²) in [5, 5.41) is 2.33. The fourth-order valence-corrected chi connectivity index (χ4v) is 3.54. The van der Waals surface area contributed by atoms with Crippen LogP contribution in [0.25, 0.3) is 0 Å². The van der Waals surface area contributed by atoms with Crippen LogP contribution < -0.4 is 5.73 Å². The minimum absolute atomic E-state index is 0.00227. The molecule has 1 unspecified atom stereocenters. The summed E-state index contributed by atoms with van der Waals surface area (Å²) in [5.74, 6) is -0.512. The largest absolute Gasteiger partial charge is 0.317 e. The van der Waals surface area contributed by atoms with E-state index in [1.54, 1.807) is 0 Å². The Morgan fingerprint density at radius 3 is 2.50 bits per heavy atom. The molecule has 0 aliphatic heterocycles. The van der Waals surface area contributed by atoms with E-state index in [1.807, 2.05) is 25.3 Å². The quantitative estimate of drug-likeness (QED) is 0.798. The third-order valence-electron chi connectivity index (χ3n) is 2.90. The van der Waals surface area contributed by atoms with Crippen LogP contribution in [-0.4, -0.2) is 0 Å². The highest BCUT2D eigenvalue weighted by molar-refractivity contribution is 7.10. The van der Waals surface area contributed by atoms with E-state index in [0.29, 0.717) is 10.6 Å². The molecule has 0 saturated carbocycles. The van der Waals surface area contributed by atoms with Crippen molar-refractivity contribution in [3.8, 4) is 0 Å². The van der Waals surface area contributed by atoms with Gasteiger partial charge in [-0.15, -0.1) is 11.3 Å². The standard InChI is InChI=1S/C13H12Cl2FNS/c1-7-3-4-18-12(7)13(2,17)8-5-11(16)10(15)6-9(8)14/h3-6H,17H2,1-2H3. The van der Waals surface area contributed by atoms with E-state index in [0.717, 1.165) is 10.4 Å². The highest BCUT2D eigenvalue weighted by Gasteiger charge is 2.30. The van der Waals surface area contributed by atoms with Crippen molar-refractivity contribution in [2.24, 2.45) is 5.73 Å². The van der Waals surface area contributed by atoms with Crippen molar-refractivity contribution in [2.45, 2.75) is 19.4 Å². The first-order valence-corrected chi connectivity index (χ1v) is 6.96. The summed E-state index contributed by atoms with van der Waals surface area (Å²) in [4.78, 5) is 0.964. The van der Waals surface area contributed by atoms with E-state index < -0.39 is 11.4 Å². The van der Waals surface area contributed by atoms with Crippen molar-refractivity contribution >= 4 is 34.5 Å². The highest BCUT2D eigenvalue weighted by Crippen LogP contribution is 2.38. The Kier molecular flexibility index (Phi) is 3.70. The fraction of sp³-hybridized carbons (Fsp3) is 0.231. The molecular weight excluding hydrogens is 292 g/mol. The van der Waals surface area contributed by atoms with E-state index >= 15 is 0 Å². The lowest BCUT2D eigenvalue weighted by Gasteiger charge is -2.26. The second-order valence-electron chi connectivity index (χ2n) is 4.38. The van der Waals surface area contributed by atoms with Gasteiger partial charge >= 0.3 is 0 Å². The summed E-state index contributed by atoms with van der Waals surface area (Å²) >= 11 is 13.4. The van der Waals surface area contributed by atoms with E-state index in [9.17, 15) is 4.39 Å². The fourth-order valence-electron chi connectivity index (χ4n) is 1.95. The molecule has 96 valence electrons. The van der Waals surface area contributed by atoms with Gasteiger partial charge in [0.05, 0.1) is 10.6 Å². The van der Waals surface area contributed by atoms with Crippen molar-refractivity contribution in [2.75, 3.05) is 0 Å². The molecule has 0 aliphatic carbocycles. The predicted octanol–water partition coefficient (Wildman–Crippen LogP) is 4.72. The number of halogens is 3. The molecule has 0 amide bonds. The number of nitrogens with two attached hydrogens (primary N) is 1. The number of benzene rings is 1. The van der Waals surface area contributed by atoms with Crippen LogP contribution in [0.4, 0.5) is 4.39 Å². The molecule has 1 atom stereocenters. The summed E-state index contributed by atoms with van der Waals surface area (Å²) in [6, 6.07) is 4.68. The van der Waals surface area contributed by atoms with Gasteiger partial charge < -0.3 is 5.73 Å². The molecule has 0 aliphatic rings. The van der Waals surface area contributed by atoms with Gasteiger partial charge in [0.15, 0.2) is 0 Å². The van der Waals surface area contributed by atoms with Gasteiger partial charge in [-0.3, -0.25) is 0 Å². The Balaban J connectivity index is 2.61. The molecule has 0 fully saturated rings.